The van der Waals surface area contributed by atoms with Crippen molar-refractivity contribution in [2.45, 2.75) is 0 Å². The zero-order valence-corrected chi connectivity index (χ0v) is 19.2. The second-order valence-corrected chi connectivity index (χ2v) is 0. The molecule has 6 N–H and O–H groups in total. The molecule has 64 valence electrons. The molecule has 0 amide bonds. The molecule has 0 aromatic heterocycles. The van der Waals surface area contributed by atoms with E-state index in [4.69, 9.17) is 9.17 Å². The predicted octanol–water partition coefficient (Wildman–Crippen LogP) is -6.76. The molecule has 10 heavy (non-hydrogen) atoms. The summed E-state index contributed by atoms with van der Waals surface area (Å²) >= 11 is 0. The molecule has 4 radical (unpaired) electrons. The van der Waals surface area contributed by atoms with E-state index in [1.54, 1.807) is 0 Å². The first-order chi connectivity index (χ1) is 2.00. The molecular weight excluding hydrogens is 564 g/mol. The maximum atomic E-state index is 8.28. The Hall–Kier alpha value is 2.06. The SMILES string of the molecule is O.O.O.O=[SiH2].[Al].[B]=O.[BiH3].[BiH3]. The van der Waals surface area contributed by atoms with Gasteiger partial charge >= 0.3 is 64.8 Å². The van der Waals surface area contributed by atoms with Gasteiger partial charge in [-0.15, -0.1) is 0 Å². The van der Waals surface area contributed by atoms with Gasteiger partial charge in [0.1, 0.15) is 0 Å². The van der Waals surface area contributed by atoms with Crippen LogP contribution in [-0.4, -0.2) is 104 Å². The van der Waals surface area contributed by atoms with Gasteiger partial charge in [0.2, 0.25) is 10.1 Å². The summed E-state index contributed by atoms with van der Waals surface area (Å²) in [4.78, 5) is 0. The van der Waals surface area contributed by atoms with Gasteiger partial charge in [-0.25, -0.2) is 0 Å². The Bertz CT molecular complexity index is 21.6. The van der Waals surface area contributed by atoms with Crippen LogP contribution in [0.2, 0.25) is 0 Å². The van der Waals surface area contributed by atoms with E-state index in [9.17, 15) is 0 Å². The van der Waals surface area contributed by atoms with Crippen LogP contribution in [0.3, 0.4) is 0 Å². The molecule has 0 fully saturated rings. The topological polar surface area (TPSA) is 129 Å². The Morgan fingerprint density at radius 3 is 0.800 bits per heavy atom. The van der Waals surface area contributed by atoms with E-state index in [0.717, 1.165) is 0 Å². The summed E-state index contributed by atoms with van der Waals surface area (Å²) in [5.41, 5.74) is 0. The third kappa shape index (κ3) is 195. The van der Waals surface area contributed by atoms with Crippen molar-refractivity contribution < 1.29 is 25.6 Å². The molecule has 0 saturated carbocycles. The van der Waals surface area contributed by atoms with Crippen LogP contribution in [0.5, 0.6) is 0 Å². The molecule has 0 rings (SSSR count). The van der Waals surface area contributed by atoms with Crippen LogP contribution >= 0.6 is 0 Å². The molecule has 0 aromatic rings. The van der Waals surface area contributed by atoms with E-state index >= 15 is 0 Å². The molecule has 10 heteroatoms. The fraction of sp³-hybridized carbons (Fsp3) is 0. The second kappa shape index (κ2) is 264. The standard InChI is InChI=1S/Al.BO.2Bi.H2OSi.3H2O.6H/c;1-2;;;1-2;;;;;;;;;/h;;;;2H2;3*1H2;;;;;;. The van der Waals surface area contributed by atoms with Crippen LogP contribution in [-0.2, 0) is 9.17 Å². The maximum absolute atomic E-state index is 8.28. The van der Waals surface area contributed by atoms with Crippen LogP contribution in [0, 0.1) is 0 Å². The average molecular weight is 578 g/mol. The predicted molar refractivity (Wildman–Crippen MR) is 52.1 cm³/mol. The van der Waals surface area contributed by atoms with Gasteiger partial charge in [-0.3, -0.25) is 0 Å². The van der Waals surface area contributed by atoms with Gasteiger partial charge in [-0.05, 0) is 0 Å². The molecule has 0 aliphatic heterocycles. The minimum atomic E-state index is 0. The van der Waals surface area contributed by atoms with Crippen molar-refractivity contribution in [3.05, 3.63) is 0 Å². The summed E-state index contributed by atoms with van der Waals surface area (Å²) < 4.78 is 16.0. The Kier molecular flexibility index (Phi) is 2360. The molecule has 0 aliphatic carbocycles. The number of rotatable bonds is 0. The van der Waals surface area contributed by atoms with Crippen molar-refractivity contribution in [3.8, 4) is 0 Å². The molecule has 0 atom stereocenters. The van der Waals surface area contributed by atoms with E-state index in [-0.39, 0.29) is 86.2 Å². The Morgan fingerprint density at radius 2 is 0.800 bits per heavy atom. The van der Waals surface area contributed by atoms with Gasteiger partial charge in [0.05, 0.1) is 0 Å². The van der Waals surface area contributed by atoms with E-state index in [1.807, 2.05) is 0 Å². The van der Waals surface area contributed by atoms with Gasteiger partial charge in [0.15, 0.2) is 0 Å². The van der Waals surface area contributed by atoms with E-state index in [0.29, 0.717) is 10.1 Å². The van der Waals surface area contributed by atoms with Crippen molar-refractivity contribution in [1.82, 2.24) is 0 Å². The molecule has 0 aliphatic rings. The summed E-state index contributed by atoms with van der Waals surface area (Å²) in [6.07, 6.45) is 0. The summed E-state index contributed by atoms with van der Waals surface area (Å²) in [6, 6.07) is 0. The normalized spacial score (nSPS) is 0.700. The van der Waals surface area contributed by atoms with Gasteiger partial charge in [0, 0.05) is 17.4 Å². The van der Waals surface area contributed by atoms with Crippen molar-refractivity contribution in [2.75, 3.05) is 0 Å². The summed E-state index contributed by atoms with van der Waals surface area (Å²) in [6.45, 7) is 0. The average Bonchev–Trinajstić information content (AvgIpc) is 1.50. The van der Waals surface area contributed by atoms with Crippen molar-refractivity contribution in [2.24, 2.45) is 0 Å². The monoisotopic (exact) mass is 578 g/mol. The molecule has 0 heterocycles. The summed E-state index contributed by atoms with van der Waals surface area (Å²) in [5, 5.41) is 0. The second-order valence-electron chi connectivity index (χ2n) is 0. The van der Waals surface area contributed by atoms with Crippen molar-refractivity contribution >= 4 is 87.6 Å². The molecular formula is H14AlBBi2O5Si. The number of hydrogen-bond acceptors (Lipinski definition) is 2. The first-order valence-electron chi connectivity index (χ1n) is 0.524. The van der Waals surface area contributed by atoms with Crippen LogP contribution in [0.15, 0.2) is 0 Å². The Labute approximate surface area is 112 Å². The summed E-state index contributed by atoms with van der Waals surface area (Å²) in [7, 11) is 3.86. The third-order valence-corrected chi connectivity index (χ3v) is 0. The van der Waals surface area contributed by atoms with E-state index in [2.05, 4.69) is 7.72 Å². The zero-order chi connectivity index (χ0) is 4.00. The van der Waals surface area contributed by atoms with Crippen LogP contribution in [0.25, 0.3) is 0 Å². The van der Waals surface area contributed by atoms with Gasteiger partial charge in [0.25, 0.3) is 0 Å². The molecule has 0 unspecified atom stereocenters. The minimum absolute atomic E-state index is 0. The van der Waals surface area contributed by atoms with Crippen LogP contribution < -0.4 is 0 Å². The zero-order valence-electron chi connectivity index (χ0n) is 5.59. The van der Waals surface area contributed by atoms with E-state index < -0.39 is 0 Å². The number of hydrogen-bond donors (Lipinski definition) is 0. The van der Waals surface area contributed by atoms with Crippen LogP contribution in [0.4, 0.5) is 0 Å². The fourth-order valence-corrected chi connectivity index (χ4v) is 0. The van der Waals surface area contributed by atoms with Gasteiger partial charge < -0.3 is 20.9 Å². The molecule has 0 spiro atoms. The Balaban J connectivity index is -0.000000000833. The Morgan fingerprint density at radius 1 is 0.800 bits per heavy atom. The van der Waals surface area contributed by atoms with Crippen molar-refractivity contribution in [1.29, 1.82) is 0 Å². The van der Waals surface area contributed by atoms with Gasteiger partial charge in [-0.2, -0.15) is 0 Å². The molecule has 0 bridgehead atoms. The van der Waals surface area contributed by atoms with Crippen LogP contribution in [0.1, 0.15) is 0 Å². The molecule has 0 saturated heterocycles. The first-order valence-corrected chi connectivity index (χ1v) is 1.10. The molecule has 5 nitrogen and oxygen atoms in total. The quantitative estimate of drug-likeness (QED) is 0.265. The third-order valence-electron chi connectivity index (χ3n) is 0. The van der Waals surface area contributed by atoms with Gasteiger partial charge in [-0.1, -0.05) is 0 Å². The first kappa shape index (κ1) is 89.5. The fourth-order valence-electron chi connectivity index (χ4n) is 0. The van der Waals surface area contributed by atoms with Crippen molar-refractivity contribution in [3.63, 3.8) is 0 Å². The summed E-state index contributed by atoms with van der Waals surface area (Å²) in [5.74, 6) is 0. The van der Waals surface area contributed by atoms with E-state index in [1.165, 1.54) is 0 Å². The molecule has 0 aromatic carbocycles.